The summed E-state index contributed by atoms with van der Waals surface area (Å²) in [5.74, 6) is 0. The van der Waals surface area contributed by atoms with E-state index in [2.05, 4.69) is 54.4 Å². The van der Waals surface area contributed by atoms with Crippen LogP contribution in [0.4, 0.5) is 0 Å². The fraction of sp³-hybridized carbons (Fsp3) is 0.0556. The number of nitrogens with zero attached hydrogens (tertiary/aromatic N) is 1. The minimum absolute atomic E-state index is 1.20. The molecular weight excluding hydrogens is 230 g/mol. The summed E-state index contributed by atoms with van der Waals surface area (Å²) in [6, 6.07) is 21.2. The van der Waals surface area contributed by atoms with Gasteiger partial charge in [0.15, 0.2) is 0 Å². The van der Waals surface area contributed by atoms with E-state index in [1.807, 2.05) is 30.6 Å². The van der Waals surface area contributed by atoms with Crippen molar-refractivity contribution in [3.05, 3.63) is 78.6 Å². The highest BCUT2D eigenvalue weighted by Crippen LogP contribution is 2.28. The molecule has 1 heterocycles. The molecule has 1 heteroatoms. The Bertz CT molecular complexity index is 673. The van der Waals surface area contributed by atoms with Crippen LogP contribution in [0.3, 0.4) is 0 Å². The van der Waals surface area contributed by atoms with E-state index in [1.54, 1.807) is 0 Å². The molecule has 0 N–H and O–H groups in total. The highest BCUT2D eigenvalue weighted by molar-refractivity contribution is 5.75. The summed E-state index contributed by atoms with van der Waals surface area (Å²) in [5.41, 5.74) is 6.27. The van der Waals surface area contributed by atoms with Gasteiger partial charge in [-0.05, 0) is 52.9 Å². The average molecular weight is 245 g/mol. The van der Waals surface area contributed by atoms with Gasteiger partial charge < -0.3 is 0 Å². The molecule has 0 bridgehead atoms. The zero-order chi connectivity index (χ0) is 13.1. The number of pyridine rings is 1. The van der Waals surface area contributed by atoms with Gasteiger partial charge in [-0.3, -0.25) is 4.98 Å². The molecule has 92 valence electrons. The van der Waals surface area contributed by atoms with Crippen molar-refractivity contribution in [1.29, 1.82) is 0 Å². The first-order valence-electron chi connectivity index (χ1n) is 6.41. The molecule has 1 nitrogen and oxygen atoms in total. The van der Waals surface area contributed by atoms with Crippen LogP contribution < -0.4 is 0 Å². The summed E-state index contributed by atoms with van der Waals surface area (Å²) < 4.78 is 0. The highest BCUT2D eigenvalue weighted by Gasteiger charge is 2.04. The van der Waals surface area contributed by atoms with E-state index < -0.39 is 0 Å². The Morgan fingerprint density at radius 2 is 1.42 bits per heavy atom. The largest absolute Gasteiger partial charge is 0.265 e. The summed E-state index contributed by atoms with van der Waals surface area (Å²) in [5, 5.41) is 0. The molecule has 3 rings (SSSR count). The van der Waals surface area contributed by atoms with Gasteiger partial charge in [-0.2, -0.15) is 0 Å². The molecule has 3 aromatic rings. The van der Waals surface area contributed by atoms with Gasteiger partial charge in [-0.25, -0.2) is 0 Å². The first kappa shape index (κ1) is 11.7. The molecule has 0 fully saturated rings. The third-order valence-corrected chi connectivity index (χ3v) is 3.34. The van der Waals surface area contributed by atoms with Gasteiger partial charge in [-0.1, -0.05) is 42.5 Å². The maximum absolute atomic E-state index is 4.07. The Balaban J connectivity index is 2.12. The van der Waals surface area contributed by atoms with Crippen LogP contribution in [0.15, 0.2) is 73.1 Å². The second kappa shape index (κ2) is 5.07. The fourth-order valence-electron chi connectivity index (χ4n) is 2.27. The predicted molar refractivity (Wildman–Crippen MR) is 79.8 cm³/mol. The normalized spacial score (nSPS) is 10.4. The molecule has 19 heavy (non-hydrogen) atoms. The molecule has 1 aromatic heterocycles. The third kappa shape index (κ3) is 2.41. The van der Waals surface area contributed by atoms with Crippen LogP contribution in [0.5, 0.6) is 0 Å². The van der Waals surface area contributed by atoms with Crippen molar-refractivity contribution in [2.24, 2.45) is 0 Å². The minimum atomic E-state index is 1.20. The maximum atomic E-state index is 4.07. The van der Waals surface area contributed by atoms with Gasteiger partial charge >= 0.3 is 0 Å². The number of hydrogen-bond acceptors (Lipinski definition) is 1. The number of aromatic nitrogens is 1. The molecule has 0 unspecified atom stereocenters. The summed E-state index contributed by atoms with van der Waals surface area (Å²) in [6.45, 7) is 2.15. The van der Waals surface area contributed by atoms with Gasteiger partial charge in [0.2, 0.25) is 0 Å². The van der Waals surface area contributed by atoms with Gasteiger partial charge in [0.25, 0.3) is 0 Å². The van der Waals surface area contributed by atoms with Crippen molar-refractivity contribution >= 4 is 0 Å². The van der Waals surface area contributed by atoms with Crippen molar-refractivity contribution in [3.8, 4) is 22.3 Å². The molecular formula is C18H15N. The maximum Gasteiger partial charge on any atom is 0.0273 e. The zero-order valence-corrected chi connectivity index (χ0v) is 10.9. The Hall–Kier alpha value is -2.41. The number of hydrogen-bond donors (Lipinski definition) is 0. The number of rotatable bonds is 2. The van der Waals surface area contributed by atoms with E-state index in [0.717, 1.165) is 0 Å². The summed E-state index contributed by atoms with van der Waals surface area (Å²) in [4.78, 5) is 4.07. The quantitative estimate of drug-likeness (QED) is 0.636. The molecule has 0 aliphatic rings. The van der Waals surface area contributed by atoms with Crippen molar-refractivity contribution in [2.75, 3.05) is 0 Å². The fourth-order valence-corrected chi connectivity index (χ4v) is 2.27. The van der Waals surface area contributed by atoms with Gasteiger partial charge in [-0.15, -0.1) is 0 Å². The van der Waals surface area contributed by atoms with E-state index in [-0.39, 0.29) is 0 Å². The Kier molecular flexibility index (Phi) is 3.11. The second-order valence-electron chi connectivity index (χ2n) is 4.63. The van der Waals surface area contributed by atoms with Crippen LogP contribution in [0, 0.1) is 6.92 Å². The molecule has 0 spiro atoms. The summed E-state index contributed by atoms with van der Waals surface area (Å²) in [6.07, 6.45) is 3.66. The monoisotopic (exact) mass is 245 g/mol. The van der Waals surface area contributed by atoms with E-state index >= 15 is 0 Å². The molecule has 0 aliphatic carbocycles. The first-order valence-corrected chi connectivity index (χ1v) is 6.41. The van der Waals surface area contributed by atoms with Crippen LogP contribution in [-0.2, 0) is 0 Å². The van der Waals surface area contributed by atoms with Crippen LogP contribution in [0.2, 0.25) is 0 Å². The molecule has 2 aromatic carbocycles. The lowest BCUT2D eigenvalue weighted by Crippen LogP contribution is -1.85. The van der Waals surface area contributed by atoms with Crippen molar-refractivity contribution in [2.45, 2.75) is 6.92 Å². The van der Waals surface area contributed by atoms with Crippen LogP contribution in [0.1, 0.15) is 5.56 Å². The smallest absolute Gasteiger partial charge is 0.0273 e. The van der Waals surface area contributed by atoms with Crippen molar-refractivity contribution < 1.29 is 0 Å². The molecule has 0 atom stereocenters. The predicted octanol–water partition coefficient (Wildman–Crippen LogP) is 4.72. The Morgan fingerprint density at radius 1 is 0.684 bits per heavy atom. The van der Waals surface area contributed by atoms with E-state index in [9.17, 15) is 0 Å². The first-order chi connectivity index (χ1) is 9.34. The lowest BCUT2D eigenvalue weighted by atomic mass is 9.96. The molecule has 0 aliphatic heterocycles. The number of aryl methyl sites for hydroxylation is 1. The van der Waals surface area contributed by atoms with E-state index in [1.165, 1.54) is 27.8 Å². The molecule has 0 saturated carbocycles. The third-order valence-electron chi connectivity index (χ3n) is 3.34. The van der Waals surface area contributed by atoms with Crippen LogP contribution >= 0.6 is 0 Å². The highest BCUT2D eigenvalue weighted by atomic mass is 14.6. The van der Waals surface area contributed by atoms with Crippen LogP contribution in [0.25, 0.3) is 22.3 Å². The van der Waals surface area contributed by atoms with Gasteiger partial charge in [0, 0.05) is 12.4 Å². The standard InChI is InChI=1S/C18H15N/c1-14-7-8-17(15-9-11-19-12-10-15)13-18(14)16-5-3-2-4-6-16/h2-13H,1H3. The van der Waals surface area contributed by atoms with Gasteiger partial charge in [0.05, 0.1) is 0 Å². The topological polar surface area (TPSA) is 12.9 Å². The summed E-state index contributed by atoms with van der Waals surface area (Å²) in [7, 11) is 0. The van der Waals surface area contributed by atoms with Crippen LogP contribution in [-0.4, -0.2) is 4.98 Å². The molecule has 0 saturated heterocycles. The van der Waals surface area contributed by atoms with Crippen molar-refractivity contribution in [3.63, 3.8) is 0 Å². The Morgan fingerprint density at radius 3 is 2.16 bits per heavy atom. The molecule has 0 amide bonds. The number of benzene rings is 2. The van der Waals surface area contributed by atoms with E-state index in [4.69, 9.17) is 0 Å². The minimum Gasteiger partial charge on any atom is -0.265 e. The SMILES string of the molecule is Cc1ccc(-c2ccncc2)cc1-c1ccccc1. The Labute approximate surface area is 113 Å². The lowest BCUT2D eigenvalue weighted by Gasteiger charge is -2.09. The van der Waals surface area contributed by atoms with Crippen molar-refractivity contribution in [1.82, 2.24) is 4.98 Å². The zero-order valence-electron chi connectivity index (χ0n) is 10.9. The molecule has 0 radical (unpaired) electrons. The van der Waals surface area contributed by atoms with E-state index in [0.29, 0.717) is 0 Å². The second-order valence-corrected chi connectivity index (χ2v) is 4.63. The lowest BCUT2D eigenvalue weighted by molar-refractivity contribution is 1.33. The average Bonchev–Trinajstić information content (AvgIpc) is 2.49. The summed E-state index contributed by atoms with van der Waals surface area (Å²) >= 11 is 0. The van der Waals surface area contributed by atoms with Gasteiger partial charge in [0.1, 0.15) is 0 Å².